The molecule has 2 nitrogen and oxygen atoms in total. The Hall–Kier alpha value is -1.32. The fraction of sp³-hybridized carbons (Fsp3) is 0.200. The molecule has 18 heavy (non-hydrogen) atoms. The van der Waals surface area contributed by atoms with Crippen LogP contribution in [0, 0.1) is 0 Å². The highest BCUT2D eigenvalue weighted by molar-refractivity contribution is 9.10. The highest BCUT2D eigenvalue weighted by atomic mass is 79.9. The smallest absolute Gasteiger partial charge is 0.134 e. The number of benzene rings is 2. The first-order chi connectivity index (χ1) is 8.66. The van der Waals surface area contributed by atoms with Crippen LogP contribution in [0.2, 0.25) is 0 Å². The summed E-state index contributed by atoms with van der Waals surface area (Å²) in [5.74, 6) is 0.781. The van der Waals surface area contributed by atoms with E-state index in [1.807, 2.05) is 48.5 Å². The van der Waals surface area contributed by atoms with Gasteiger partial charge in [-0.15, -0.1) is 0 Å². The van der Waals surface area contributed by atoms with Gasteiger partial charge >= 0.3 is 0 Å². The zero-order chi connectivity index (χ0) is 13.0. The van der Waals surface area contributed by atoms with Crippen LogP contribution < -0.4 is 4.74 Å². The zero-order valence-corrected chi connectivity index (χ0v) is 11.7. The first-order valence-electron chi connectivity index (χ1n) is 5.81. The molecule has 1 N–H and O–H groups in total. The Bertz CT molecular complexity index is 509. The van der Waals surface area contributed by atoms with Gasteiger partial charge in [-0.3, -0.25) is 0 Å². The summed E-state index contributed by atoms with van der Waals surface area (Å²) in [6.07, 6.45) is -0.468. The number of ether oxygens (including phenoxy) is 1. The van der Waals surface area contributed by atoms with E-state index in [1.54, 1.807) is 6.92 Å². The molecule has 2 rings (SSSR count). The Morgan fingerprint density at radius 2 is 1.89 bits per heavy atom. The topological polar surface area (TPSA) is 29.5 Å². The lowest BCUT2D eigenvalue weighted by molar-refractivity contribution is 0.199. The lowest BCUT2D eigenvalue weighted by Gasteiger charge is -2.11. The van der Waals surface area contributed by atoms with Crippen LogP contribution >= 0.6 is 15.9 Å². The molecule has 0 amide bonds. The van der Waals surface area contributed by atoms with Gasteiger partial charge in [0.2, 0.25) is 0 Å². The highest BCUT2D eigenvalue weighted by Crippen LogP contribution is 2.28. The Kier molecular flexibility index (Phi) is 4.39. The second-order valence-electron chi connectivity index (χ2n) is 4.14. The van der Waals surface area contributed by atoms with Gasteiger partial charge in [0.15, 0.2) is 0 Å². The first-order valence-corrected chi connectivity index (χ1v) is 6.60. The summed E-state index contributed by atoms with van der Waals surface area (Å²) in [5, 5.41) is 9.49. The molecule has 0 aliphatic carbocycles. The second kappa shape index (κ2) is 6.03. The van der Waals surface area contributed by atoms with E-state index in [4.69, 9.17) is 4.74 Å². The molecule has 0 spiro atoms. The maximum atomic E-state index is 9.49. The molecule has 1 unspecified atom stereocenters. The molecule has 0 aromatic heterocycles. The van der Waals surface area contributed by atoms with Crippen LogP contribution in [0.4, 0.5) is 0 Å². The summed E-state index contributed by atoms with van der Waals surface area (Å²) in [6.45, 7) is 2.28. The van der Waals surface area contributed by atoms with Gasteiger partial charge in [0, 0.05) is 0 Å². The van der Waals surface area contributed by atoms with Gasteiger partial charge in [0.05, 0.1) is 10.6 Å². The van der Waals surface area contributed by atoms with Gasteiger partial charge in [-0.2, -0.15) is 0 Å². The van der Waals surface area contributed by atoms with Gasteiger partial charge in [0.1, 0.15) is 12.4 Å². The fourth-order valence-corrected chi connectivity index (χ4v) is 2.14. The third-order valence-corrected chi connectivity index (χ3v) is 3.30. The van der Waals surface area contributed by atoms with Crippen LogP contribution in [0.5, 0.6) is 5.75 Å². The minimum atomic E-state index is -0.468. The molecule has 0 saturated heterocycles. The van der Waals surface area contributed by atoms with E-state index in [2.05, 4.69) is 15.9 Å². The van der Waals surface area contributed by atoms with Crippen molar-refractivity contribution in [3.63, 3.8) is 0 Å². The SMILES string of the molecule is CC(O)c1ccc(OCc2ccccc2)c(Br)c1. The Morgan fingerprint density at radius 1 is 1.17 bits per heavy atom. The first kappa shape index (κ1) is 13.1. The average molecular weight is 307 g/mol. The number of halogens is 1. The summed E-state index contributed by atoms with van der Waals surface area (Å²) in [7, 11) is 0. The van der Waals surface area contributed by atoms with Gasteiger partial charge < -0.3 is 9.84 Å². The lowest BCUT2D eigenvalue weighted by Crippen LogP contribution is -1.97. The van der Waals surface area contributed by atoms with Crippen molar-refractivity contribution in [1.29, 1.82) is 0 Å². The summed E-state index contributed by atoms with van der Waals surface area (Å²) in [5.41, 5.74) is 2.00. The van der Waals surface area contributed by atoms with E-state index < -0.39 is 6.10 Å². The van der Waals surface area contributed by atoms with Crippen molar-refractivity contribution in [2.75, 3.05) is 0 Å². The molecule has 0 saturated carbocycles. The summed E-state index contributed by atoms with van der Waals surface area (Å²) in [6, 6.07) is 15.6. The summed E-state index contributed by atoms with van der Waals surface area (Å²) in [4.78, 5) is 0. The van der Waals surface area contributed by atoms with E-state index in [0.29, 0.717) is 6.61 Å². The van der Waals surface area contributed by atoms with E-state index in [-0.39, 0.29) is 0 Å². The third kappa shape index (κ3) is 3.34. The van der Waals surface area contributed by atoms with Crippen LogP contribution in [-0.4, -0.2) is 5.11 Å². The van der Waals surface area contributed by atoms with Crippen LogP contribution in [0.15, 0.2) is 53.0 Å². The molecule has 0 heterocycles. The van der Waals surface area contributed by atoms with Gasteiger partial charge in [0.25, 0.3) is 0 Å². The minimum Gasteiger partial charge on any atom is -0.488 e. The van der Waals surface area contributed by atoms with E-state index >= 15 is 0 Å². The monoisotopic (exact) mass is 306 g/mol. The lowest BCUT2D eigenvalue weighted by atomic mass is 10.1. The standard InChI is InChI=1S/C15H15BrO2/c1-11(17)13-7-8-15(14(16)9-13)18-10-12-5-3-2-4-6-12/h2-9,11,17H,10H2,1H3. The van der Waals surface area contributed by atoms with E-state index in [1.165, 1.54) is 0 Å². The predicted octanol–water partition coefficient (Wildman–Crippen LogP) is 4.08. The number of rotatable bonds is 4. The van der Waals surface area contributed by atoms with Crippen molar-refractivity contribution in [1.82, 2.24) is 0 Å². The zero-order valence-electron chi connectivity index (χ0n) is 10.1. The average Bonchev–Trinajstić information content (AvgIpc) is 2.38. The number of hydrogen-bond acceptors (Lipinski definition) is 2. The predicted molar refractivity (Wildman–Crippen MR) is 75.5 cm³/mol. The second-order valence-corrected chi connectivity index (χ2v) is 4.99. The number of aliphatic hydroxyl groups is 1. The maximum absolute atomic E-state index is 9.49. The molecule has 2 aromatic carbocycles. The third-order valence-electron chi connectivity index (χ3n) is 2.68. The van der Waals surface area contributed by atoms with E-state index in [0.717, 1.165) is 21.3 Å². The molecule has 3 heteroatoms. The molecular formula is C15H15BrO2. The molecule has 0 aliphatic heterocycles. The molecule has 0 radical (unpaired) electrons. The quantitative estimate of drug-likeness (QED) is 0.922. The molecular weight excluding hydrogens is 292 g/mol. The van der Waals surface area contributed by atoms with Crippen LogP contribution in [0.1, 0.15) is 24.2 Å². The summed E-state index contributed by atoms with van der Waals surface area (Å²) >= 11 is 3.45. The summed E-state index contributed by atoms with van der Waals surface area (Å²) < 4.78 is 6.59. The normalized spacial score (nSPS) is 12.2. The number of hydrogen-bond donors (Lipinski definition) is 1. The molecule has 0 aliphatic rings. The van der Waals surface area contributed by atoms with Crippen molar-refractivity contribution in [3.8, 4) is 5.75 Å². The Labute approximate surface area is 115 Å². The largest absolute Gasteiger partial charge is 0.488 e. The van der Waals surface area contributed by atoms with Crippen LogP contribution in [0.25, 0.3) is 0 Å². The maximum Gasteiger partial charge on any atom is 0.134 e. The van der Waals surface area contributed by atoms with Crippen LogP contribution in [-0.2, 0) is 6.61 Å². The van der Waals surface area contributed by atoms with Crippen molar-refractivity contribution in [2.45, 2.75) is 19.6 Å². The minimum absolute atomic E-state index is 0.468. The van der Waals surface area contributed by atoms with Crippen LogP contribution in [0.3, 0.4) is 0 Å². The molecule has 94 valence electrons. The Morgan fingerprint density at radius 3 is 2.50 bits per heavy atom. The van der Waals surface area contributed by atoms with Gasteiger partial charge in [-0.1, -0.05) is 36.4 Å². The highest BCUT2D eigenvalue weighted by Gasteiger charge is 2.06. The number of aliphatic hydroxyl groups excluding tert-OH is 1. The van der Waals surface area contributed by atoms with Crippen molar-refractivity contribution in [3.05, 3.63) is 64.1 Å². The fourth-order valence-electron chi connectivity index (χ4n) is 1.63. The molecule has 0 fully saturated rings. The van der Waals surface area contributed by atoms with Gasteiger partial charge in [-0.05, 0) is 46.1 Å². The van der Waals surface area contributed by atoms with Gasteiger partial charge in [-0.25, -0.2) is 0 Å². The van der Waals surface area contributed by atoms with Crippen molar-refractivity contribution < 1.29 is 9.84 Å². The molecule has 0 bridgehead atoms. The van der Waals surface area contributed by atoms with Crippen molar-refractivity contribution in [2.24, 2.45) is 0 Å². The molecule has 2 aromatic rings. The van der Waals surface area contributed by atoms with Crippen molar-refractivity contribution >= 4 is 15.9 Å². The molecule has 1 atom stereocenters. The Balaban J connectivity index is 2.06. The van der Waals surface area contributed by atoms with E-state index in [9.17, 15) is 5.11 Å².